The van der Waals surface area contributed by atoms with Crippen molar-refractivity contribution >= 4 is 17.4 Å². The Labute approximate surface area is 209 Å². The van der Waals surface area contributed by atoms with Crippen molar-refractivity contribution in [2.45, 2.75) is 44.3 Å². The molecule has 7 rings (SSSR count). The van der Waals surface area contributed by atoms with Gasteiger partial charge in [-0.15, -0.1) is 10.2 Å². The van der Waals surface area contributed by atoms with E-state index in [1.807, 2.05) is 12.1 Å². The zero-order valence-electron chi connectivity index (χ0n) is 19.4. The van der Waals surface area contributed by atoms with Gasteiger partial charge in [-0.3, -0.25) is 9.47 Å². The van der Waals surface area contributed by atoms with Gasteiger partial charge in [0.1, 0.15) is 11.6 Å². The number of aromatic nitrogens is 4. The third-order valence-electron chi connectivity index (χ3n) is 8.15. The monoisotopic (exact) mass is 487 g/mol. The average Bonchev–Trinajstić information content (AvgIpc) is 3.45. The van der Waals surface area contributed by atoms with Crippen LogP contribution in [0.5, 0.6) is 0 Å². The first-order chi connectivity index (χ1) is 17.1. The summed E-state index contributed by atoms with van der Waals surface area (Å²) < 4.78 is 7.98. The molecule has 3 aliphatic heterocycles. The predicted molar refractivity (Wildman–Crippen MR) is 130 cm³/mol. The third-order valence-corrected chi connectivity index (χ3v) is 8.39. The SMILES string of the molecule is N#Cc1ccnc(N2CC3(CC(c4nnc5n4-c4ccc(Cl)cc4CN([C@H]4CCOC4)C5)C3)C2)c1. The summed E-state index contributed by atoms with van der Waals surface area (Å²) in [5, 5.41) is 19.4. The summed E-state index contributed by atoms with van der Waals surface area (Å²) in [5.74, 6) is 3.36. The fourth-order valence-corrected chi connectivity index (χ4v) is 6.59. The lowest BCUT2D eigenvalue weighted by atomic mass is 9.57. The largest absolute Gasteiger partial charge is 0.380 e. The molecular formula is C26H26ClN7O. The maximum Gasteiger partial charge on any atom is 0.151 e. The van der Waals surface area contributed by atoms with Crippen LogP contribution in [0.2, 0.25) is 5.02 Å². The molecule has 2 saturated heterocycles. The number of fused-ring (bicyclic) bond motifs is 3. The molecule has 0 bridgehead atoms. The van der Waals surface area contributed by atoms with Crippen LogP contribution in [0.1, 0.15) is 48.0 Å². The van der Waals surface area contributed by atoms with Crippen molar-refractivity contribution in [2.24, 2.45) is 5.41 Å². The van der Waals surface area contributed by atoms with E-state index in [0.717, 1.165) is 86.8 Å². The van der Waals surface area contributed by atoms with E-state index in [-0.39, 0.29) is 0 Å². The lowest BCUT2D eigenvalue weighted by Gasteiger charge is -2.59. The molecule has 1 aromatic carbocycles. The highest BCUT2D eigenvalue weighted by Gasteiger charge is 2.54. The molecule has 9 heteroatoms. The van der Waals surface area contributed by atoms with E-state index in [1.54, 1.807) is 12.3 Å². The van der Waals surface area contributed by atoms with Crippen LogP contribution in [0, 0.1) is 16.7 Å². The Morgan fingerprint density at radius 3 is 2.80 bits per heavy atom. The van der Waals surface area contributed by atoms with E-state index < -0.39 is 0 Å². The molecule has 178 valence electrons. The number of ether oxygens (including phenoxy) is 1. The van der Waals surface area contributed by atoms with Gasteiger partial charge in [0.25, 0.3) is 0 Å². The van der Waals surface area contributed by atoms with Gasteiger partial charge in [-0.2, -0.15) is 5.26 Å². The maximum absolute atomic E-state index is 9.19. The number of hydrogen-bond donors (Lipinski definition) is 0. The summed E-state index contributed by atoms with van der Waals surface area (Å²) in [6, 6.07) is 12.4. The van der Waals surface area contributed by atoms with Gasteiger partial charge in [0, 0.05) is 54.8 Å². The van der Waals surface area contributed by atoms with Gasteiger partial charge in [-0.05, 0) is 55.2 Å². The van der Waals surface area contributed by atoms with Crippen LogP contribution in [-0.2, 0) is 17.8 Å². The third kappa shape index (κ3) is 3.53. The molecule has 3 aromatic rings. The standard InChI is InChI=1S/C26H26ClN7O/c27-20-1-2-22-18(8-20)12-32(21-4-6-35-14-21)13-24-30-31-25(34(22)24)19-9-26(10-19)15-33(16-26)23-7-17(11-28)3-5-29-23/h1-3,5,7-8,19,21H,4,6,9-10,12-16H2/t21-/m0/s1. The Morgan fingerprint density at radius 1 is 1.11 bits per heavy atom. The van der Waals surface area contributed by atoms with E-state index in [9.17, 15) is 5.26 Å². The number of anilines is 1. The van der Waals surface area contributed by atoms with E-state index in [4.69, 9.17) is 21.4 Å². The van der Waals surface area contributed by atoms with Crippen molar-refractivity contribution in [3.63, 3.8) is 0 Å². The number of halogens is 1. The van der Waals surface area contributed by atoms with Crippen molar-refractivity contribution in [3.8, 4) is 11.8 Å². The maximum atomic E-state index is 9.19. The van der Waals surface area contributed by atoms with Gasteiger partial charge in [0.2, 0.25) is 0 Å². The van der Waals surface area contributed by atoms with Gasteiger partial charge < -0.3 is 9.64 Å². The fraction of sp³-hybridized carbons (Fsp3) is 0.462. The van der Waals surface area contributed by atoms with Crippen LogP contribution in [0.3, 0.4) is 0 Å². The van der Waals surface area contributed by atoms with E-state index in [2.05, 4.69) is 42.7 Å². The van der Waals surface area contributed by atoms with E-state index in [1.165, 1.54) is 5.56 Å². The van der Waals surface area contributed by atoms with Crippen LogP contribution in [0.4, 0.5) is 5.82 Å². The van der Waals surface area contributed by atoms with Crippen LogP contribution < -0.4 is 4.90 Å². The van der Waals surface area contributed by atoms with Crippen molar-refractivity contribution in [1.29, 1.82) is 5.26 Å². The van der Waals surface area contributed by atoms with Crippen molar-refractivity contribution in [2.75, 3.05) is 31.2 Å². The molecule has 8 nitrogen and oxygen atoms in total. The Kier molecular flexibility index (Phi) is 4.88. The number of hydrogen-bond acceptors (Lipinski definition) is 7. The number of benzene rings is 1. The zero-order valence-corrected chi connectivity index (χ0v) is 20.2. The Morgan fingerprint density at radius 2 is 2.00 bits per heavy atom. The minimum Gasteiger partial charge on any atom is -0.380 e. The van der Waals surface area contributed by atoms with Gasteiger partial charge in [-0.1, -0.05) is 11.6 Å². The molecule has 1 saturated carbocycles. The number of nitriles is 1. The molecule has 0 amide bonds. The minimum atomic E-state index is 0.308. The van der Waals surface area contributed by atoms with E-state index in [0.29, 0.717) is 22.9 Å². The normalized spacial score (nSPS) is 23.2. The summed E-state index contributed by atoms with van der Waals surface area (Å²) in [4.78, 5) is 9.21. The Bertz CT molecular complexity index is 1330. The summed E-state index contributed by atoms with van der Waals surface area (Å²) in [7, 11) is 0. The number of nitrogens with zero attached hydrogens (tertiary/aromatic N) is 7. The highest BCUT2D eigenvalue weighted by Crippen LogP contribution is 2.56. The lowest BCUT2D eigenvalue weighted by Crippen LogP contribution is -2.62. The summed E-state index contributed by atoms with van der Waals surface area (Å²) in [6.45, 7) is 5.15. The lowest BCUT2D eigenvalue weighted by molar-refractivity contribution is 0.0581. The first-order valence-electron chi connectivity index (χ1n) is 12.3. The zero-order chi connectivity index (χ0) is 23.6. The second kappa shape index (κ2) is 8.02. The summed E-state index contributed by atoms with van der Waals surface area (Å²) in [5.41, 5.74) is 3.34. The quantitative estimate of drug-likeness (QED) is 0.557. The molecule has 0 unspecified atom stereocenters. The minimum absolute atomic E-state index is 0.308. The van der Waals surface area contributed by atoms with Gasteiger partial charge >= 0.3 is 0 Å². The molecule has 1 atom stereocenters. The van der Waals surface area contributed by atoms with Crippen molar-refractivity contribution in [1.82, 2.24) is 24.6 Å². The molecule has 4 aliphatic rings. The van der Waals surface area contributed by atoms with Crippen LogP contribution in [0.15, 0.2) is 36.5 Å². The topological polar surface area (TPSA) is 83.1 Å². The second-order valence-corrected chi connectivity index (χ2v) is 10.9. The van der Waals surface area contributed by atoms with Gasteiger partial charge in [0.15, 0.2) is 5.82 Å². The number of pyridine rings is 1. The highest BCUT2D eigenvalue weighted by molar-refractivity contribution is 6.30. The van der Waals surface area contributed by atoms with Crippen LogP contribution in [-0.4, -0.2) is 57.0 Å². The molecule has 5 heterocycles. The van der Waals surface area contributed by atoms with Gasteiger partial charge in [-0.25, -0.2) is 4.98 Å². The molecule has 0 N–H and O–H groups in total. The molecule has 2 aromatic heterocycles. The fourth-order valence-electron chi connectivity index (χ4n) is 6.40. The smallest absolute Gasteiger partial charge is 0.151 e. The summed E-state index contributed by atoms with van der Waals surface area (Å²) in [6.07, 6.45) is 4.97. The molecule has 1 aliphatic carbocycles. The predicted octanol–water partition coefficient (Wildman–Crippen LogP) is 3.68. The molecular weight excluding hydrogens is 462 g/mol. The first-order valence-corrected chi connectivity index (χ1v) is 12.6. The number of rotatable bonds is 3. The summed E-state index contributed by atoms with van der Waals surface area (Å²) >= 11 is 6.41. The van der Waals surface area contributed by atoms with Crippen LogP contribution in [0.25, 0.3) is 5.69 Å². The van der Waals surface area contributed by atoms with Gasteiger partial charge in [0.05, 0.1) is 30.5 Å². The molecule has 0 radical (unpaired) electrons. The molecule has 35 heavy (non-hydrogen) atoms. The molecule has 3 fully saturated rings. The Balaban J connectivity index is 1.13. The average molecular weight is 488 g/mol. The Hall–Kier alpha value is -2.99. The molecule has 1 spiro atoms. The second-order valence-electron chi connectivity index (χ2n) is 10.5. The van der Waals surface area contributed by atoms with Crippen LogP contribution >= 0.6 is 11.6 Å². The first kappa shape index (κ1) is 21.3. The van der Waals surface area contributed by atoms with Crippen molar-refractivity contribution < 1.29 is 4.74 Å². The van der Waals surface area contributed by atoms with E-state index >= 15 is 0 Å². The van der Waals surface area contributed by atoms with Crippen molar-refractivity contribution in [3.05, 3.63) is 64.3 Å². The highest BCUT2D eigenvalue weighted by atomic mass is 35.5.